The van der Waals surface area contributed by atoms with Crippen LogP contribution in [-0.4, -0.2) is 5.11 Å². The molecule has 0 saturated heterocycles. The third kappa shape index (κ3) is 3.81. The Hall–Kier alpha value is -0.890. The predicted molar refractivity (Wildman–Crippen MR) is 73.9 cm³/mol. The molecule has 0 unspecified atom stereocenters. The number of benzene rings is 1. The molecule has 2 heteroatoms. The molecule has 0 amide bonds. The van der Waals surface area contributed by atoms with E-state index < -0.39 is 5.60 Å². The Morgan fingerprint density at radius 2 is 1.61 bits per heavy atom. The van der Waals surface area contributed by atoms with Crippen LogP contribution in [-0.2, 0) is 5.60 Å². The molecule has 0 aliphatic rings. The minimum Gasteiger partial charge on any atom is -0.385 e. The molecule has 1 rings (SSSR count). The molecule has 0 aliphatic carbocycles. The summed E-state index contributed by atoms with van der Waals surface area (Å²) in [6.07, 6.45) is 1.41. The molecular weight excluding hydrogens is 227 g/mol. The summed E-state index contributed by atoms with van der Waals surface area (Å²) in [6, 6.07) is 4.67. The Bertz CT molecular complexity index is 386. The second kappa shape index (κ2) is 5.83. The van der Waals surface area contributed by atoms with Crippen molar-refractivity contribution < 1.29 is 9.50 Å². The fraction of sp³-hybridized carbons (Fsp3) is 0.625. The molecule has 18 heavy (non-hydrogen) atoms. The average molecular weight is 252 g/mol. The molecule has 0 fully saturated rings. The first-order valence-corrected chi connectivity index (χ1v) is 6.73. The zero-order valence-electron chi connectivity index (χ0n) is 12.1. The van der Waals surface area contributed by atoms with Crippen LogP contribution < -0.4 is 0 Å². The number of hydrogen-bond acceptors (Lipinski definition) is 1. The van der Waals surface area contributed by atoms with Crippen molar-refractivity contribution >= 4 is 0 Å². The van der Waals surface area contributed by atoms with Crippen molar-refractivity contribution in [1.29, 1.82) is 0 Å². The van der Waals surface area contributed by atoms with Gasteiger partial charge < -0.3 is 5.11 Å². The van der Waals surface area contributed by atoms with Crippen LogP contribution in [0.4, 0.5) is 4.39 Å². The second-order valence-electron chi connectivity index (χ2n) is 6.19. The smallest absolute Gasteiger partial charge is 0.123 e. The fourth-order valence-electron chi connectivity index (χ4n) is 2.80. The molecular formula is C16H25FO. The molecule has 0 spiro atoms. The maximum absolute atomic E-state index is 13.2. The lowest BCUT2D eigenvalue weighted by molar-refractivity contribution is -0.00508. The lowest BCUT2D eigenvalue weighted by Gasteiger charge is -2.33. The number of aliphatic hydroxyl groups is 1. The van der Waals surface area contributed by atoms with Crippen LogP contribution in [0.25, 0.3) is 0 Å². The lowest BCUT2D eigenvalue weighted by Crippen LogP contribution is -2.30. The van der Waals surface area contributed by atoms with Gasteiger partial charge in [0.25, 0.3) is 0 Å². The standard InChI is InChI=1S/C16H25FO/c1-11(2)9-16(18,10-12(3)4)15-7-6-14(17)8-13(15)5/h6-8,11-12,18H,9-10H2,1-5H3. The maximum atomic E-state index is 13.2. The zero-order chi connectivity index (χ0) is 13.9. The Kier molecular flexibility index (Phi) is 4.92. The Labute approximate surface area is 110 Å². The number of hydrogen-bond donors (Lipinski definition) is 1. The van der Waals surface area contributed by atoms with Crippen molar-refractivity contribution in [1.82, 2.24) is 0 Å². The largest absolute Gasteiger partial charge is 0.385 e. The minimum atomic E-state index is -0.847. The van der Waals surface area contributed by atoms with Crippen molar-refractivity contribution in [2.45, 2.75) is 53.1 Å². The van der Waals surface area contributed by atoms with E-state index in [1.807, 2.05) is 6.92 Å². The predicted octanol–water partition coefficient (Wildman–Crippen LogP) is 4.41. The monoisotopic (exact) mass is 252 g/mol. The number of aryl methyl sites for hydroxylation is 1. The van der Waals surface area contributed by atoms with Gasteiger partial charge in [-0.25, -0.2) is 4.39 Å². The lowest BCUT2D eigenvalue weighted by atomic mass is 9.78. The summed E-state index contributed by atoms with van der Waals surface area (Å²) in [5.41, 5.74) is 0.852. The van der Waals surface area contributed by atoms with Crippen molar-refractivity contribution in [2.75, 3.05) is 0 Å². The van der Waals surface area contributed by atoms with E-state index in [-0.39, 0.29) is 5.82 Å². The molecule has 0 saturated carbocycles. The Balaban J connectivity index is 3.16. The maximum Gasteiger partial charge on any atom is 0.123 e. The Morgan fingerprint density at radius 3 is 2.00 bits per heavy atom. The van der Waals surface area contributed by atoms with Gasteiger partial charge in [-0.2, -0.15) is 0 Å². The first-order valence-electron chi connectivity index (χ1n) is 6.73. The van der Waals surface area contributed by atoms with Crippen LogP contribution in [0.15, 0.2) is 18.2 Å². The van der Waals surface area contributed by atoms with Gasteiger partial charge in [-0.3, -0.25) is 0 Å². The van der Waals surface area contributed by atoms with Crippen molar-refractivity contribution in [3.05, 3.63) is 35.1 Å². The summed E-state index contributed by atoms with van der Waals surface area (Å²) in [5, 5.41) is 11.0. The summed E-state index contributed by atoms with van der Waals surface area (Å²) in [5.74, 6) is 0.559. The quantitative estimate of drug-likeness (QED) is 0.822. The number of rotatable bonds is 5. The third-order valence-corrected chi connectivity index (χ3v) is 3.18. The van der Waals surface area contributed by atoms with Crippen molar-refractivity contribution in [3.63, 3.8) is 0 Å². The van der Waals surface area contributed by atoms with Gasteiger partial charge in [0, 0.05) is 0 Å². The van der Waals surface area contributed by atoms with Gasteiger partial charge in [0.15, 0.2) is 0 Å². The van der Waals surface area contributed by atoms with Crippen LogP contribution >= 0.6 is 0 Å². The van der Waals surface area contributed by atoms with E-state index in [4.69, 9.17) is 0 Å². The van der Waals surface area contributed by atoms with E-state index >= 15 is 0 Å². The van der Waals surface area contributed by atoms with Gasteiger partial charge in [-0.1, -0.05) is 33.8 Å². The van der Waals surface area contributed by atoms with Crippen LogP contribution in [0.3, 0.4) is 0 Å². The SMILES string of the molecule is Cc1cc(F)ccc1C(O)(CC(C)C)CC(C)C. The molecule has 1 aromatic rings. The molecule has 0 heterocycles. The Morgan fingerprint density at radius 1 is 1.11 bits per heavy atom. The van der Waals surface area contributed by atoms with E-state index in [0.29, 0.717) is 24.7 Å². The van der Waals surface area contributed by atoms with Crippen LogP contribution in [0.2, 0.25) is 0 Å². The molecule has 0 aliphatic heterocycles. The summed E-state index contributed by atoms with van der Waals surface area (Å²) in [7, 11) is 0. The molecule has 102 valence electrons. The van der Waals surface area contributed by atoms with Gasteiger partial charge in [-0.05, 0) is 54.9 Å². The van der Waals surface area contributed by atoms with Crippen LogP contribution in [0.1, 0.15) is 51.7 Å². The van der Waals surface area contributed by atoms with E-state index in [0.717, 1.165) is 11.1 Å². The molecule has 0 aromatic heterocycles. The highest BCUT2D eigenvalue weighted by atomic mass is 19.1. The molecule has 0 bridgehead atoms. The molecule has 0 radical (unpaired) electrons. The normalized spacial score (nSPS) is 12.5. The number of halogens is 1. The van der Waals surface area contributed by atoms with Gasteiger partial charge in [0.1, 0.15) is 5.82 Å². The van der Waals surface area contributed by atoms with Crippen molar-refractivity contribution in [3.8, 4) is 0 Å². The zero-order valence-corrected chi connectivity index (χ0v) is 12.1. The summed E-state index contributed by atoms with van der Waals surface area (Å²) in [6.45, 7) is 10.3. The summed E-state index contributed by atoms with van der Waals surface area (Å²) >= 11 is 0. The van der Waals surface area contributed by atoms with Gasteiger partial charge >= 0.3 is 0 Å². The second-order valence-corrected chi connectivity index (χ2v) is 6.19. The van der Waals surface area contributed by atoms with E-state index in [1.165, 1.54) is 12.1 Å². The van der Waals surface area contributed by atoms with E-state index in [2.05, 4.69) is 27.7 Å². The highest BCUT2D eigenvalue weighted by molar-refractivity contribution is 5.32. The molecule has 1 aromatic carbocycles. The minimum absolute atomic E-state index is 0.243. The van der Waals surface area contributed by atoms with Crippen molar-refractivity contribution in [2.24, 2.45) is 11.8 Å². The first kappa shape index (κ1) is 15.2. The molecule has 0 atom stereocenters. The topological polar surface area (TPSA) is 20.2 Å². The highest BCUT2D eigenvalue weighted by Gasteiger charge is 2.32. The van der Waals surface area contributed by atoms with Crippen LogP contribution in [0.5, 0.6) is 0 Å². The summed E-state index contributed by atoms with van der Waals surface area (Å²) < 4.78 is 13.2. The summed E-state index contributed by atoms with van der Waals surface area (Å²) in [4.78, 5) is 0. The van der Waals surface area contributed by atoms with E-state index in [1.54, 1.807) is 6.07 Å². The fourth-order valence-corrected chi connectivity index (χ4v) is 2.80. The molecule has 1 nitrogen and oxygen atoms in total. The van der Waals surface area contributed by atoms with Gasteiger partial charge in [-0.15, -0.1) is 0 Å². The third-order valence-electron chi connectivity index (χ3n) is 3.18. The molecule has 1 N–H and O–H groups in total. The average Bonchev–Trinajstić information content (AvgIpc) is 2.13. The first-order chi connectivity index (χ1) is 8.24. The van der Waals surface area contributed by atoms with Gasteiger partial charge in [0.05, 0.1) is 5.60 Å². The van der Waals surface area contributed by atoms with Crippen LogP contribution in [0, 0.1) is 24.6 Å². The van der Waals surface area contributed by atoms with E-state index in [9.17, 15) is 9.50 Å². The highest BCUT2D eigenvalue weighted by Crippen LogP contribution is 2.36. The van der Waals surface area contributed by atoms with Gasteiger partial charge in [0.2, 0.25) is 0 Å².